The zero-order valence-electron chi connectivity index (χ0n) is 8.31. The van der Waals surface area contributed by atoms with Crippen LogP contribution in [0.2, 0.25) is 5.15 Å². The summed E-state index contributed by atoms with van der Waals surface area (Å²) in [5.74, 6) is 0.407. The van der Waals surface area contributed by atoms with Gasteiger partial charge in [-0.05, 0) is 13.8 Å². The molecule has 0 bridgehead atoms. The minimum absolute atomic E-state index is 0.0175. The minimum atomic E-state index is 0.0175. The van der Waals surface area contributed by atoms with Crippen molar-refractivity contribution < 1.29 is 4.74 Å². The zero-order valence-corrected chi connectivity index (χ0v) is 9.06. The number of nitrogens with zero attached hydrogens (tertiary/aromatic N) is 4. The third kappa shape index (κ3) is 2.12. The molecule has 0 amide bonds. The van der Waals surface area contributed by atoms with Gasteiger partial charge in [0.25, 0.3) is 0 Å². The number of hydrogen-bond donors (Lipinski definition) is 0. The number of rotatable bonds is 2. The Morgan fingerprint density at radius 2 is 2.07 bits per heavy atom. The van der Waals surface area contributed by atoms with Crippen LogP contribution in [-0.4, -0.2) is 26.0 Å². The zero-order chi connectivity index (χ0) is 10.8. The number of halogens is 1. The lowest BCUT2D eigenvalue weighted by Gasteiger charge is -2.09. The molecule has 0 N–H and O–H groups in total. The molecule has 0 unspecified atom stereocenters. The summed E-state index contributed by atoms with van der Waals surface area (Å²) in [6.45, 7) is 3.82. The van der Waals surface area contributed by atoms with Crippen LogP contribution in [0.5, 0.6) is 5.88 Å². The summed E-state index contributed by atoms with van der Waals surface area (Å²) in [7, 11) is 0. The SMILES string of the molecule is CC(C)Oc1ncnc2ncc(Cl)nc12. The largest absolute Gasteiger partial charge is 0.473 e. The van der Waals surface area contributed by atoms with Gasteiger partial charge in [0, 0.05) is 0 Å². The van der Waals surface area contributed by atoms with Crippen LogP contribution in [0, 0.1) is 0 Å². The lowest BCUT2D eigenvalue weighted by molar-refractivity contribution is 0.235. The van der Waals surface area contributed by atoms with Crippen molar-refractivity contribution >= 4 is 22.8 Å². The van der Waals surface area contributed by atoms with Crippen molar-refractivity contribution in [3.05, 3.63) is 17.7 Å². The Bertz CT molecular complexity index is 488. The van der Waals surface area contributed by atoms with Gasteiger partial charge in [0.15, 0.2) is 11.2 Å². The fourth-order valence-corrected chi connectivity index (χ4v) is 1.24. The molecular formula is C9H9ClN4O. The Balaban J connectivity index is 2.58. The van der Waals surface area contributed by atoms with Crippen LogP contribution in [0.3, 0.4) is 0 Å². The highest BCUT2D eigenvalue weighted by Crippen LogP contribution is 2.19. The van der Waals surface area contributed by atoms with Crippen molar-refractivity contribution in [3.8, 4) is 5.88 Å². The Hall–Kier alpha value is -1.49. The summed E-state index contributed by atoms with van der Waals surface area (Å²) in [6.07, 6.45) is 2.85. The van der Waals surface area contributed by atoms with Crippen LogP contribution >= 0.6 is 11.6 Å². The van der Waals surface area contributed by atoms with Crippen molar-refractivity contribution in [2.24, 2.45) is 0 Å². The summed E-state index contributed by atoms with van der Waals surface area (Å²) < 4.78 is 5.47. The van der Waals surface area contributed by atoms with Gasteiger partial charge in [0.2, 0.25) is 5.88 Å². The average molecular weight is 225 g/mol. The average Bonchev–Trinajstić information content (AvgIpc) is 2.18. The monoisotopic (exact) mass is 224 g/mol. The van der Waals surface area contributed by atoms with Crippen molar-refractivity contribution in [3.63, 3.8) is 0 Å². The minimum Gasteiger partial charge on any atom is -0.473 e. The molecule has 5 nitrogen and oxygen atoms in total. The summed E-state index contributed by atoms with van der Waals surface area (Å²) in [5.41, 5.74) is 0.962. The highest BCUT2D eigenvalue weighted by molar-refractivity contribution is 6.29. The van der Waals surface area contributed by atoms with Crippen LogP contribution in [-0.2, 0) is 0 Å². The van der Waals surface area contributed by atoms with Gasteiger partial charge in [-0.15, -0.1) is 0 Å². The molecule has 0 atom stereocenters. The molecule has 0 aliphatic heterocycles. The van der Waals surface area contributed by atoms with Crippen molar-refractivity contribution in [2.45, 2.75) is 20.0 Å². The highest BCUT2D eigenvalue weighted by Gasteiger charge is 2.09. The third-order valence-corrected chi connectivity index (χ3v) is 1.81. The van der Waals surface area contributed by atoms with E-state index in [1.165, 1.54) is 12.5 Å². The topological polar surface area (TPSA) is 60.8 Å². The van der Waals surface area contributed by atoms with Gasteiger partial charge in [-0.3, -0.25) is 0 Å². The maximum absolute atomic E-state index is 5.74. The van der Waals surface area contributed by atoms with Gasteiger partial charge in [-0.1, -0.05) is 11.6 Å². The summed E-state index contributed by atoms with van der Waals surface area (Å²) in [5, 5.41) is 0.297. The molecule has 0 fully saturated rings. The van der Waals surface area contributed by atoms with E-state index in [0.717, 1.165) is 0 Å². The standard InChI is InChI=1S/C9H9ClN4O/c1-5(2)15-9-7-8(12-4-13-9)11-3-6(10)14-7/h3-5H,1-2H3. The lowest BCUT2D eigenvalue weighted by atomic mass is 10.4. The van der Waals surface area contributed by atoms with Gasteiger partial charge in [-0.2, -0.15) is 4.98 Å². The number of hydrogen-bond acceptors (Lipinski definition) is 5. The van der Waals surface area contributed by atoms with E-state index in [1.807, 2.05) is 13.8 Å². The molecule has 2 heterocycles. The first-order chi connectivity index (χ1) is 7.16. The van der Waals surface area contributed by atoms with Crippen molar-refractivity contribution in [2.75, 3.05) is 0 Å². The molecule has 0 spiro atoms. The Morgan fingerprint density at radius 3 is 2.80 bits per heavy atom. The fourth-order valence-electron chi connectivity index (χ4n) is 1.11. The van der Waals surface area contributed by atoms with Gasteiger partial charge in [0.05, 0.1) is 12.3 Å². The smallest absolute Gasteiger partial charge is 0.245 e. The van der Waals surface area contributed by atoms with E-state index in [4.69, 9.17) is 16.3 Å². The molecule has 0 saturated carbocycles. The first-order valence-electron chi connectivity index (χ1n) is 4.46. The molecule has 2 aromatic heterocycles. The fraction of sp³-hybridized carbons (Fsp3) is 0.333. The van der Waals surface area contributed by atoms with Crippen LogP contribution in [0.4, 0.5) is 0 Å². The van der Waals surface area contributed by atoms with E-state index in [9.17, 15) is 0 Å². The van der Waals surface area contributed by atoms with Crippen molar-refractivity contribution in [1.82, 2.24) is 19.9 Å². The van der Waals surface area contributed by atoms with E-state index in [2.05, 4.69) is 19.9 Å². The van der Waals surface area contributed by atoms with Gasteiger partial charge in [-0.25, -0.2) is 15.0 Å². The van der Waals surface area contributed by atoms with Gasteiger partial charge < -0.3 is 4.74 Å². The quantitative estimate of drug-likeness (QED) is 0.779. The summed E-state index contributed by atoms with van der Waals surface area (Å²) in [4.78, 5) is 16.1. The van der Waals surface area contributed by atoms with Gasteiger partial charge in [0.1, 0.15) is 11.5 Å². The molecule has 78 valence electrons. The van der Waals surface area contributed by atoms with Crippen LogP contribution in [0.15, 0.2) is 12.5 Å². The van der Waals surface area contributed by atoms with E-state index in [-0.39, 0.29) is 6.10 Å². The predicted molar refractivity (Wildman–Crippen MR) is 55.9 cm³/mol. The first-order valence-corrected chi connectivity index (χ1v) is 4.84. The molecule has 2 rings (SSSR count). The second kappa shape index (κ2) is 3.94. The van der Waals surface area contributed by atoms with Crippen LogP contribution < -0.4 is 4.74 Å². The molecule has 0 aromatic carbocycles. The normalized spacial score (nSPS) is 10.9. The number of fused-ring (bicyclic) bond motifs is 1. The predicted octanol–water partition coefficient (Wildman–Crippen LogP) is 1.86. The number of ether oxygens (including phenoxy) is 1. The molecule has 0 radical (unpaired) electrons. The molecule has 2 aromatic rings. The Kier molecular flexibility index (Phi) is 2.64. The Labute approximate surface area is 91.5 Å². The van der Waals surface area contributed by atoms with Crippen LogP contribution in [0.25, 0.3) is 11.2 Å². The van der Waals surface area contributed by atoms with E-state index >= 15 is 0 Å². The van der Waals surface area contributed by atoms with E-state index in [0.29, 0.717) is 22.2 Å². The second-order valence-electron chi connectivity index (χ2n) is 3.21. The van der Waals surface area contributed by atoms with Gasteiger partial charge >= 0.3 is 0 Å². The summed E-state index contributed by atoms with van der Waals surface area (Å²) >= 11 is 5.74. The lowest BCUT2D eigenvalue weighted by Crippen LogP contribution is -2.08. The Morgan fingerprint density at radius 1 is 1.27 bits per heavy atom. The highest BCUT2D eigenvalue weighted by atomic mass is 35.5. The maximum atomic E-state index is 5.74. The van der Waals surface area contributed by atoms with Crippen LogP contribution in [0.1, 0.15) is 13.8 Å². The summed E-state index contributed by atoms with van der Waals surface area (Å²) in [6, 6.07) is 0. The molecular weight excluding hydrogens is 216 g/mol. The molecule has 0 saturated heterocycles. The molecule has 0 aliphatic rings. The maximum Gasteiger partial charge on any atom is 0.245 e. The van der Waals surface area contributed by atoms with E-state index < -0.39 is 0 Å². The third-order valence-electron chi connectivity index (χ3n) is 1.63. The molecule has 0 aliphatic carbocycles. The van der Waals surface area contributed by atoms with Crippen molar-refractivity contribution in [1.29, 1.82) is 0 Å². The number of aromatic nitrogens is 4. The van der Waals surface area contributed by atoms with E-state index in [1.54, 1.807) is 0 Å². The molecule has 6 heteroatoms. The first kappa shape index (κ1) is 10.0. The molecule has 15 heavy (non-hydrogen) atoms. The second-order valence-corrected chi connectivity index (χ2v) is 3.60.